The van der Waals surface area contributed by atoms with Gasteiger partial charge in [-0.15, -0.1) is 0 Å². The summed E-state index contributed by atoms with van der Waals surface area (Å²) in [6.07, 6.45) is 2.09. The van der Waals surface area contributed by atoms with Crippen molar-refractivity contribution < 1.29 is 14.3 Å². The van der Waals surface area contributed by atoms with Crippen LogP contribution >= 0.6 is 0 Å². The Bertz CT molecular complexity index is 572. The first-order valence-electron chi connectivity index (χ1n) is 7.11. The topological polar surface area (TPSA) is 53.7 Å². The van der Waals surface area contributed by atoms with Gasteiger partial charge in [0.25, 0.3) is 0 Å². The highest BCUT2D eigenvalue weighted by molar-refractivity contribution is 5.98. The van der Waals surface area contributed by atoms with Crippen molar-refractivity contribution >= 4 is 16.8 Å². The highest BCUT2D eigenvalue weighted by Gasteiger charge is 2.22. The molecule has 1 unspecified atom stereocenters. The van der Waals surface area contributed by atoms with Gasteiger partial charge in [-0.25, -0.2) is 0 Å². The van der Waals surface area contributed by atoms with Crippen LogP contribution in [0.15, 0.2) is 34.7 Å². The van der Waals surface area contributed by atoms with Crippen LogP contribution in [0.1, 0.15) is 23.4 Å². The summed E-state index contributed by atoms with van der Waals surface area (Å²) in [5.74, 6) is 0.740. The molecule has 0 bridgehead atoms. The minimum absolute atomic E-state index is 0.0137. The Morgan fingerprint density at radius 1 is 1.40 bits per heavy atom. The van der Waals surface area contributed by atoms with Gasteiger partial charge in [0.1, 0.15) is 5.58 Å². The molecule has 1 N–H and O–H groups in total. The molecule has 1 saturated heterocycles. The van der Waals surface area contributed by atoms with E-state index in [9.17, 15) is 9.90 Å². The molecule has 3 rings (SSSR count). The molecule has 2 aromatic rings. The zero-order chi connectivity index (χ0) is 13.9. The number of benzene rings is 1. The molecule has 1 aromatic heterocycles. The lowest BCUT2D eigenvalue weighted by molar-refractivity contribution is 0.0811. The van der Waals surface area contributed by atoms with Gasteiger partial charge in [0.2, 0.25) is 5.78 Å². The number of carbonyl (C=O) groups is 1. The molecule has 1 aliphatic rings. The van der Waals surface area contributed by atoms with Crippen molar-refractivity contribution in [3.05, 3.63) is 36.1 Å². The van der Waals surface area contributed by atoms with Crippen LogP contribution in [0, 0.1) is 5.92 Å². The Kier molecular flexibility index (Phi) is 3.85. The predicted octanol–water partition coefficient (Wildman–Crippen LogP) is 2.32. The highest BCUT2D eigenvalue weighted by atomic mass is 16.3. The fraction of sp³-hybridized carbons (Fsp3) is 0.438. The van der Waals surface area contributed by atoms with E-state index in [1.165, 1.54) is 0 Å². The van der Waals surface area contributed by atoms with Gasteiger partial charge in [0.15, 0.2) is 5.76 Å². The summed E-state index contributed by atoms with van der Waals surface area (Å²) in [7, 11) is 0. The van der Waals surface area contributed by atoms with Gasteiger partial charge in [-0.2, -0.15) is 0 Å². The number of carbonyl (C=O) groups excluding carboxylic acids is 1. The molecule has 1 aliphatic heterocycles. The summed E-state index contributed by atoms with van der Waals surface area (Å²) < 4.78 is 5.60. The first kappa shape index (κ1) is 13.3. The number of likely N-dealkylation sites (tertiary alicyclic amines) is 1. The number of para-hydroxylation sites is 1. The van der Waals surface area contributed by atoms with E-state index in [1.807, 2.05) is 30.3 Å². The van der Waals surface area contributed by atoms with Crippen LogP contribution in [0.3, 0.4) is 0 Å². The molecule has 0 saturated carbocycles. The van der Waals surface area contributed by atoms with E-state index in [0.29, 0.717) is 18.2 Å². The van der Waals surface area contributed by atoms with Crippen molar-refractivity contribution in [3.63, 3.8) is 0 Å². The molecule has 0 spiro atoms. The maximum atomic E-state index is 12.3. The molecule has 0 radical (unpaired) electrons. The summed E-state index contributed by atoms with van der Waals surface area (Å²) in [6.45, 7) is 2.29. The minimum atomic E-state index is 0.0137. The fourth-order valence-corrected chi connectivity index (χ4v) is 2.84. The first-order valence-corrected chi connectivity index (χ1v) is 7.11. The maximum absolute atomic E-state index is 12.3. The molecule has 0 amide bonds. The Hall–Kier alpha value is -1.65. The summed E-state index contributed by atoms with van der Waals surface area (Å²) >= 11 is 0. The normalized spacial score (nSPS) is 20.4. The average Bonchev–Trinajstić information content (AvgIpc) is 2.91. The molecular weight excluding hydrogens is 254 g/mol. The Labute approximate surface area is 118 Å². The van der Waals surface area contributed by atoms with Crippen molar-refractivity contribution in [2.45, 2.75) is 12.8 Å². The molecule has 4 nitrogen and oxygen atoms in total. The molecule has 4 heteroatoms. The van der Waals surface area contributed by atoms with E-state index in [2.05, 4.69) is 4.90 Å². The van der Waals surface area contributed by atoms with E-state index >= 15 is 0 Å². The van der Waals surface area contributed by atoms with Crippen molar-refractivity contribution in [2.75, 3.05) is 26.2 Å². The maximum Gasteiger partial charge on any atom is 0.211 e. The lowest BCUT2D eigenvalue weighted by atomic mass is 9.99. The summed E-state index contributed by atoms with van der Waals surface area (Å²) in [5, 5.41) is 10.2. The van der Waals surface area contributed by atoms with Crippen molar-refractivity contribution in [1.29, 1.82) is 0 Å². The molecule has 1 aromatic carbocycles. The van der Waals surface area contributed by atoms with Gasteiger partial charge in [-0.05, 0) is 37.4 Å². The molecule has 1 atom stereocenters. The number of fused-ring (bicyclic) bond motifs is 1. The number of piperidine rings is 1. The number of aliphatic hydroxyl groups excluding tert-OH is 1. The number of aliphatic hydroxyl groups is 1. The van der Waals surface area contributed by atoms with Crippen LogP contribution in [0.4, 0.5) is 0 Å². The summed E-state index contributed by atoms with van der Waals surface area (Å²) in [5.41, 5.74) is 0.753. The van der Waals surface area contributed by atoms with Crippen LogP contribution in [-0.4, -0.2) is 42.0 Å². The van der Waals surface area contributed by atoms with Crippen molar-refractivity contribution in [2.24, 2.45) is 5.92 Å². The van der Waals surface area contributed by atoms with Gasteiger partial charge < -0.3 is 9.52 Å². The molecule has 2 heterocycles. The van der Waals surface area contributed by atoms with Gasteiger partial charge in [-0.1, -0.05) is 18.2 Å². The molecule has 1 fully saturated rings. The first-order chi connectivity index (χ1) is 9.76. The monoisotopic (exact) mass is 273 g/mol. The second-order valence-corrected chi connectivity index (χ2v) is 5.50. The molecule has 20 heavy (non-hydrogen) atoms. The number of furan rings is 1. The number of ketones is 1. The van der Waals surface area contributed by atoms with Crippen LogP contribution in [0.25, 0.3) is 11.0 Å². The second-order valence-electron chi connectivity index (χ2n) is 5.50. The quantitative estimate of drug-likeness (QED) is 0.869. The average molecular weight is 273 g/mol. The molecule has 106 valence electrons. The van der Waals surface area contributed by atoms with E-state index in [0.717, 1.165) is 36.9 Å². The summed E-state index contributed by atoms with van der Waals surface area (Å²) in [4.78, 5) is 14.4. The van der Waals surface area contributed by atoms with Crippen LogP contribution in [-0.2, 0) is 0 Å². The highest BCUT2D eigenvalue weighted by Crippen LogP contribution is 2.20. The fourth-order valence-electron chi connectivity index (χ4n) is 2.84. The lowest BCUT2D eigenvalue weighted by Gasteiger charge is -2.30. The SMILES string of the molecule is O=C(CN1CCCC(CO)C1)c1cc2ccccc2o1. The minimum Gasteiger partial charge on any atom is -0.453 e. The number of Topliss-reactive ketones (excluding diaryl/α,β-unsaturated/α-hetero) is 1. The van der Waals surface area contributed by atoms with Crippen molar-refractivity contribution in [3.8, 4) is 0 Å². The zero-order valence-electron chi connectivity index (χ0n) is 11.4. The van der Waals surface area contributed by atoms with Gasteiger partial charge in [0.05, 0.1) is 6.54 Å². The third-order valence-corrected chi connectivity index (χ3v) is 3.93. The standard InChI is InChI=1S/C16H19NO3/c18-11-12-4-3-7-17(9-12)10-14(19)16-8-13-5-1-2-6-15(13)20-16/h1-2,5-6,8,12,18H,3-4,7,9-11H2. The predicted molar refractivity (Wildman–Crippen MR) is 76.8 cm³/mol. The largest absolute Gasteiger partial charge is 0.453 e. The smallest absolute Gasteiger partial charge is 0.211 e. The number of hydrogen-bond acceptors (Lipinski definition) is 4. The van der Waals surface area contributed by atoms with E-state index in [1.54, 1.807) is 0 Å². The molecule has 0 aliphatic carbocycles. The van der Waals surface area contributed by atoms with Crippen molar-refractivity contribution in [1.82, 2.24) is 4.90 Å². The van der Waals surface area contributed by atoms with Gasteiger partial charge in [0, 0.05) is 18.5 Å². The number of rotatable bonds is 4. The Balaban J connectivity index is 1.69. The third kappa shape index (κ3) is 2.76. The second kappa shape index (κ2) is 5.77. The summed E-state index contributed by atoms with van der Waals surface area (Å²) in [6, 6.07) is 9.46. The number of nitrogens with zero attached hydrogens (tertiary/aromatic N) is 1. The van der Waals surface area contributed by atoms with Crippen LogP contribution in [0.5, 0.6) is 0 Å². The van der Waals surface area contributed by atoms with E-state index in [4.69, 9.17) is 4.42 Å². The van der Waals surface area contributed by atoms with Gasteiger partial charge in [-0.3, -0.25) is 9.69 Å². The zero-order valence-corrected chi connectivity index (χ0v) is 11.4. The third-order valence-electron chi connectivity index (χ3n) is 3.93. The van der Waals surface area contributed by atoms with Crippen LogP contribution in [0.2, 0.25) is 0 Å². The van der Waals surface area contributed by atoms with Gasteiger partial charge >= 0.3 is 0 Å². The Morgan fingerprint density at radius 3 is 3.05 bits per heavy atom. The Morgan fingerprint density at radius 2 is 2.25 bits per heavy atom. The number of hydrogen-bond donors (Lipinski definition) is 1. The van der Waals surface area contributed by atoms with E-state index < -0.39 is 0 Å². The van der Waals surface area contributed by atoms with E-state index in [-0.39, 0.29) is 12.4 Å². The van der Waals surface area contributed by atoms with Crippen LogP contribution < -0.4 is 0 Å². The lowest BCUT2D eigenvalue weighted by Crippen LogP contribution is -2.39. The molecular formula is C16H19NO3.